The van der Waals surface area contributed by atoms with Crippen LogP contribution in [0.15, 0.2) is 0 Å². The quantitative estimate of drug-likeness (QED) is 0.449. The normalized spacial score (nSPS) is 20.0. The van der Waals surface area contributed by atoms with Crippen LogP contribution in [0.4, 0.5) is 0 Å². The van der Waals surface area contributed by atoms with E-state index in [0.29, 0.717) is 0 Å². The Balaban J connectivity index is 2.12. The molecule has 1 fully saturated rings. The fourth-order valence-electron chi connectivity index (χ4n) is 1.36. The van der Waals surface area contributed by atoms with Gasteiger partial charge in [-0.3, -0.25) is 0 Å². The lowest BCUT2D eigenvalue weighted by Gasteiger charge is -2.05. The molecule has 0 bridgehead atoms. The molecule has 2 rings (SSSR count). The Morgan fingerprint density at radius 3 is 2.20 bits per heavy atom. The van der Waals surface area contributed by atoms with Crippen molar-refractivity contribution >= 4 is 0 Å². The third-order valence-electron chi connectivity index (χ3n) is 1.89. The first-order valence-electron chi connectivity index (χ1n) is 3.63. The lowest BCUT2D eigenvalue weighted by Crippen LogP contribution is -2.09. The smallest absolute Gasteiger partial charge is 0.108 e. The zero-order valence-corrected chi connectivity index (χ0v) is 5.78. The van der Waals surface area contributed by atoms with Crippen LogP contribution in [0.25, 0.3) is 0 Å². The van der Waals surface area contributed by atoms with E-state index >= 15 is 0 Å². The van der Waals surface area contributed by atoms with Crippen LogP contribution in [0.1, 0.15) is 25.7 Å². The highest BCUT2D eigenvalue weighted by Gasteiger charge is 2.17. The van der Waals surface area contributed by atoms with Gasteiger partial charge in [0.1, 0.15) is 6.04 Å². The first-order valence-corrected chi connectivity index (χ1v) is 3.63. The van der Waals surface area contributed by atoms with E-state index in [-0.39, 0.29) is 0 Å². The molecule has 5 heteroatoms. The van der Waals surface area contributed by atoms with Crippen molar-refractivity contribution in [3.63, 3.8) is 0 Å². The van der Waals surface area contributed by atoms with E-state index in [4.69, 9.17) is 0 Å². The fourth-order valence-corrected chi connectivity index (χ4v) is 1.36. The van der Waals surface area contributed by atoms with E-state index in [1.165, 1.54) is 31.7 Å². The lowest BCUT2D eigenvalue weighted by molar-refractivity contribution is 0.551. The Bertz CT molecular complexity index is 188. The van der Waals surface area contributed by atoms with E-state index in [2.05, 4.69) is 20.9 Å². The average Bonchev–Trinajstić information content (AvgIpc) is 2.59. The van der Waals surface area contributed by atoms with Crippen LogP contribution in [0, 0.1) is 6.04 Å². The molecule has 1 heterocycles. The van der Waals surface area contributed by atoms with E-state index in [0.717, 1.165) is 0 Å². The summed E-state index contributed by atoms with van der Waals surface area (Å²) >= 11 is 0. The Labute approximate surface area is 58.4 Å². The van der Waals surface area contributed by atoms with E-state index < -0.39 is 0 Å². The van der Waals surface area contributed by atoms with Gasteiger partial charge in [-0.15, -0.1) is 0 Å². The maximum absolute atomic E-state index is 2.92. The van der Waals surface area contributed by atoms with Crippen molar-refractivity contribution < 1.29 is 0 Å². The maximum Gasteiger partial charge on any atom is 0.108 e. The monoisotopic (exact) mass is 142 g/mol. The number of aromatic nitrogens is 5. The molecule has 0 aromatic carbocycles. The number of rotatable bonds is 1. The van der Waals surface area contributed by atoms with Crippen molar-refractivity contribution in [1.82, 2.24) is 25.7 Å². The van der Waals surface area contributed by atoms with Gasteiger partial charge in [-0.05, 0) is 12.8 Å². The van der Waals surface area contributed by atoms with Crippen molar-refractivity contribution in [2.45, 2.75) is 25.7 Å². The standard InChI is InChI=1S/C5H12N5/c1-2-4-5(3-1)10-8-6-7-9-10/h6-9H,1-4H2. The number of hydrogen-bond donors (Lipinski definition) is 4. The second-order valence-corrected chi connectivity index (χ2v) is 2.58. The van der Waals surface area contributed by atoms with Gasteiger partial charge in [0.2, 0.25) is 0 Å². The van der Waals surface area contributed by atoms with Crippen LogP contribution in [-0.4, -0.2) is 25.7 Å². The van der Waals surface area contributed by atoms with Gasteiger partial charge in [0, 0.05) is 0 Å². The third-order valence-corrected chi connectivity index (χ3v) is 1.89. The SMILES string of the molecule is C1CC[C](n2[nH][nH][nH][nH]2)C1. The molecule has 0 spiro atoms. The minimum Gasteiger partial charge on any atom is -0.213 e. The summed E-state index contributed by atoms with van der Waals surface area (Å²) in [7, 11) is 0. The second-order valence-electron chi connectivity index (χ2n) is 2.58. The number of H-pyrrole nitrogens is 4. The minimum atomic E-state index is 1.20. The van der Waals surface area contributed by atoms with Crippen molar-refractivity contribution in [3.8, 4) is 0 Å². The molecule has 1 aromatic heterocycles. The molecule has 1 aromatic rings. The summed E-state index contributed by atoms with van der Waals surface area (Å²) in [6, 6.07) is 1.41. The zero-order valence-electron chi connectivity index (χ0n) is 5.78. The zero-order chi connectivity index (χ0) is 6.81. The molecular weight excluding hydrogens is 130 g/mol. The van der Waals surface area contributed by atoms with Gasteiger partial charge in [-0.25, -0.2) is 20.9 Å². The van der Waals surface area contributed by atoms with Crippen LogP contribution in [0.3, 0.4) is 0 Å². The van der Waals surface area contributed by atoms with Gasteiger partial charge in [-0.1, -0.05) is 12.8 Å². The first kappa shape index (κ1) is 5.76. The van der Waals surface area contributed by atoms with E-state index in [1.807, 2.05) is 4.80 Å². The van der Waals surface area contributed by atoms with Crippen molar-refractivity contribution in [3.05, 3.63) is 6.04 Å². The number of nitrogens with zero attached hydrogens (tertiary/aromatic N) is 1. The topological polar surface area (TPSA) is 68.1 Å². The Kier molecular flexibility index (Phi) is 1.34. The lowest BCUT2D eigenvalue weighted by atomic mass is 10.3. The Hall–Kier alpha value is -1.00. The molecule has 1 aliphatic carbocycles. The molecule has 0 atom stereocenters. The highest BCUT2D eigenvalue weighted by atomic mass is 15.7. The Morgan fingerprint density at radius 2 is 1.60 bits per heavy atom. The highest BCUT2D eigenvalue weighted by Crippen LogP contribution is 2.26. The Morgan fingerprint density at radius 1 is 1.00 bits per heavy atom. The fraction of sp³-hybridized carbons (Fsp3) is 0.800. The molecule has 0 aliphatic heterocycles. The summed E-state index contributed by atoms with van der Waals surface area (Å²) in [5.74, 6) is 0. The van der Waals surface area contributed by atoms with Crippen LogP contribution in [0.2, 0.25) is 0 Å². The third kappa shape index (κ3) is 0.872. The van der Waals surface area contributed by atoms with Crippen LogP contribution in [-0.2, 0) is 0 Å². The summed E-state index contributed by atoms with van der Waals surface area (Å²) < 4.78 is 0. The van der Waals surface area contributed by atoms with E-state index in [1.54, 1.807) is 0 Å². The summed E-state index contributed by atoms with van der Waals surface area (Å²) in [6.45, 7) is 0. The largest absolute Gasteiger partial charge is 0.213 e. The molecule has 57 valence electrons. The van der Waals surface area contributed by atoms with Crippen molar-refractivity contribution in [2.24, 2.45) is 0 Å². The van der Waals surface area contributed by atoms with Crippen LogP contribution in [0.5, 0.6) is 0 Å². The van der Waals surface area contributed by atoms with Gasteiger partial charge >= 0.3 is 0 Å². The van der Waals surface area contributed by atoms with Gasteiger partial charge < -0.3 is 0 Å². The molecule has 1 aliphatic rings. The van der Waals surface area contributed by atoms with Crippen LogP contribution < -0.4 is 0 Å². The van der Waals surface area contributed by atoms with Crippen LogP contribution >= 0.6 is 0 Å². The van der Waals surface area contributed by atoms with E-state index in [9.17, 15) is 0 Å². The number of aromatic amines is 4. The summed E-state index contributed by atoms with van der Waals surface area (Å²) in [4.78, 5) is 1.90. The maximum atomic E-state index is 2.92. The minimum absolute atomic E-state index is 1.20. The van der Waals surface area contributed by atoms with Gasteiger partial charge in [0.15, 0.2) is 0 Å². The summed E-state index contributed by atoms with van der Waals surface area (Å²) in [5.41, 5.74) is 0. The van der Waals surface area contributed by atoms with Crippen molar-refractivity contribution in [1.29, 1.82) is 0 Å². The van der Waals surface area contributed by atoms with Gasteiger partial charge in [0.05, 0.1) is 0 Å². The second kappa shape index (κ2) is 2.32. The predicted octanol–water partition coefficient (Wildman–Crippen LogP) is 0.879. The molecule has 5 nitrogen and oxygen atoms in total. The summed E-state index contributed by atoms with van der Waals surface area (Å²) in [6.07, 6.45) is 5.02. The molecule has 10 heavy (non-hydrogen) atoms. The molecule has 1 radical (unpaired) electrons. The molecule has 0 unspecified atom stereocenters. The average molecular weight is 142 g/mol. The number of nitrogens with one attached hydrogen (secondary N) is 4. The summed E-state index contributed by atoms with van der Waals surface area (Å²) in [5, 5.41) is 11.3. The molecule has 4 N–H and O–H groups in total. The molecule has 0 saturated heterocycles. The van der Waals surface area contributed by atoms with Gasteiger partial charge in [0.25, 0.3) is 0 Å². The first-order chi connectivity index (χ1) is 4.97. The number of hydrogen-bond acceptors (Lipinski definition) is 0. The molecule has 1 saturated carbocycles. The highest BCUT2D eigenvalue weighted by molar-refractivity contribution is 4.90. The molecule has 0 amide bonds. The van der Waals surface area contributed by atoms with Crippen molar-refractivity contribution in [2.75, 3.05) is 0 Å². The predicted molar refractivity (Wildman–Crippen MR) is 36.6 cm³/mol. The van der Waals surface area contributed by atoms with Gasteiger partial charge in [-0.2, -0.15) is 4.80 Å². The molecular formula is C5H12N5.